The van der Waals surface area contributed by atoms with Crippen LogP contribution in [0.3, 0.4) is 0 Å². The van der Waals surface area contributed by atoms with Crippen molar-refractivity contribution >= 4 is 0 Å². The van der Waals surface area contributed by atoms with Crippen LogP contribution in [-0.4, -0.2) is 33.1 Å². The van der Waals surface area contributed by atoms with Gasteiger partial charge in [-0.3, -0.25) is 0 Å². The number of aromatic amines is 2. The van der Waals surface area contributed by atoms with E-state index in [9.17, 15) is 0 Å². The Labute approximate surface area is 222 Å². The highest BCUT2D eigenvalue weighted by atomic mass is 16.5. The first kappa shape index (κ1) is 26.9. The van der Waals surface area contributed by atoms with E-state index in [-0.39, 0.29) is 0 Å². The summed E-state index contributed by atoms with van der Waals surface area (Å²) in [7, 11) is 0. The van der Waals surface area contributed by atoms with Gasteiger partial charge in [0.25, 0.3) is 0 Å². The Morgan fingerprint density at radius 2 is 1.03 bits per heavy atom. The van der Waals surface area contributed by atoms with Crippen molar-refractivity contribution in [2.75, 3.05) is 13.2 Å². The molecule has 4 unspecified atom stereocenters. The molecular weight excluding hydrogens is 456 g/mol. The second-order valence-electron chi connectivity index (χ2n) is 10.3. The normalized spacial score (nSPS) is 14.8. The number of nitrogens with zero attached hydrogens (tertiary/aromatic N) is 2. The SMILES string of the molecule is CCC(c1cnc[nH]1)C(CCOCCC(c1ccc(C)cc1)C(CC)c1cnc[nH]1)c1ccc(C)cc1. The highest BCUT2D eigenvalue weighted by Gasteiger charge is 2.26. The minimum Gasteiger partial charge on any atom is -0.381 e. The van der Waals surface area contributed by atoms with Crippen LogP contribution >= 0.6 is 0 Å². The monoisotopic (exact) mass is 498 g/mol. The summed E-state index contributed by atoms with van der Waals surface area (Å²) in [6.07, 6.45) is 11.6. The van der Waals surface area contributed by atoms with Gasteiger partial charge in [-0.1, -0.05) is 73.5 Å². The Kier molecular flexibility index (Phi) is 9.72. The van der Waals surface area contributed by atoms with Crippen molar-refractivity contribution in [1.82, 2.24) is 19.9 Å². The summed E-state index contributed by atoms with van der Waals surface area (Å²) < 4.78 is 6.36. The van der Waals surface area contributed by atoms with Gasteiger partial charge < -0.3 is 14.7 Å². The molecule has 0 amide bonds. The van der Waals surface area contributed by atoms with Crippen molar-refractivity contribution in [3.63, 3.8) is 0 Å². The molecule has 2 aromatic carbocycles. The maximum Gasteiger partial charge on any atom is 0.0921 e. The quantitative estimate of drug-likeness (QED) is 0.174. The van der Waals surface area contributed by atoms with E-state index in [4.69, 9.17) is 4.74 Å². The van der Waals surface area contributed by atoms with Crippen molar-refractivity contribution in [2.24, 2.45) is 0 Å². The van der Waals surface area contributed by atoms with E-state index in [1.807, 2.05) is 12.4 Å². The lowest BCUT2D eigenvalue weighted by atomic mass is 9.80. The number of hydrogen-bond acceptors (Lipinski definition) is 3. The van der Waals surface area contributed by atoms with Crippen LogP contribution in [0, 0.1) is 13.8 Å². The predicted octanol–water partition coefficient (Wildman–Crippen LogP) is 7.80. The van der Waals surface area contributed by atoms with Crippen LogP contribution in [0.5, 0.6) is 0 Å². The molecular formula is C32H42N4O. The molecule has 0 fully saturated rings. The Morgan fingerprint density at radius 1 is 0.622 bits per heavy atom. The van der Waals surface area contributed by atoms with Crippen LogP contribution in [0.2, 0.25) is 0 Å². The minimum absolute atomic E-state index is 0.382. The number of ether oxygens (including phenoxy) is 1. The van der Waals surface area contributed by atoms with Crippen LogP contribution in [0.15, 0.2) is 73.6 Å². The largest absolute Gasteiger partial charge is 0.381 e. The Bertz CT molecular complexity index is 1060. The van der Waals surface area contributed by atoms with Gasteiger partial charge in [0.15, 0.2) is 0 Å². The number of rotatable bonds is 14. The van der Waals surface area contributed by atoms with Crippen LogP contribution in [-0.2, 0) is 4.74 Å². The van der Waals surface area contributed by atoms with E-state index in [1.165, 1.54) is 33.6 Å². The fourth-order valence-corrected chi connectivity index (χ4v) is 5.73. The molecule has 0 aliphatic rings. The average molecular weight is 499 g/mol. The molecule has 4 rings (SSSR count). The van der Waals surface area contributed by atoms with Crippen molar-refractivity contribution in [3.05, 3.63) is 107 Å². The zero-order chi connectivity index (χ0) is 26.0. The number of imidazole rings is 2. The third-order valence-electron chi connectivity index (χ3n) is 7.85. The topological polar surface area (TPSA) is 66.6 Å². The van der Waals surface area contributed by atoms with Gasteiger partial charge in [0.1, 0.15) is 0 Å². The molecule has 4 atom stereocenters. The minimum atomic E-state index is 0.382. The molecule has 37 heavy (non-hydrogen) atoms. The van der Waals surface area contributed by atoms with E-state index < -0.39 is 0 Å². The molecule has 0 saturated carbocycles. The highest BCUT2D eigenvalue weighted by Crippen LogP contribution is 2.39. The smallest absolute Gasteiger partial charge is 0.0921 e. The lowest BCUT2D eigenvalue weighted by molar-refractivity contribution is 0.115. The van der Waals surface area contributed by atoms with Gasteiger partial charge >= 0.3 is 0 Å². The van der Waals surface area contributed by atoms with Crippen LogP contribution in [0.1, 0.15) is 96.8 Å². The lowest BCUT2D eigenvalue weighted by Crippen LogP contribution is -2.16. The predicted molar refractivity (Wildman–Crippen MR) is 151 cm³/mol. The van der Waals surface area contributed by atoms with E-state index in [2.05, 4.69) is 96.2 Å². The molecule has 0 aliphatic carbocycles. The van der Waals surface area contributed by atoms with Gasteiger partial charge in [-0.15, -0.1) is 0 Å². The first-order valence-electron chi connectivity index (χ1n) is 13.8. The average Bonchev–Trinajstić information content (AvgIpc) is 3.64. The molecule has 0 spiro atoms. The van der Waals surface area contributed by atoms with Gasteiger partial charge in [-0.05, 0) is 62.5 Å². The summed E-state index contributed by atoms with van der Waals surface area (Å²) in [5, 5.41) is 0. The van der Waals surface area contributed by atoms with Crippen LogP contribution in [0.4, 0.5) is 0 Å². The van der Waals surface area contributed by atoms with Gasteiger partial charge in [-0.2, -0.15) is 0 Å². The number of H-pyrrole nitrogens is 2. The standard InChI is InChI=1S/C32H42N4O/c1-5-27(31-19-33-21-35-31)29(25-11-7-23(3)8-12-25)15-17-37-18-16-30(26-13-9-24(4)10-14-26)28(6-2)32-20-34-22-36-32/h7-14,19-22,27-30H,5-6,15-18H2,1-4H3,(H,33,35)(H,34,36). The molecule has 2 aromatic heterocycles. The number of benzene rings is 2. The molecule has 5 nitrogen and oxygen atoms in total. The fourth-order valence-electron chi connectivity index (χ4n) is 5.73. The van der Waals surface area contributed by atoms with Gasteiger partial charge in [0, 0.05) is 48.8 Å². The lowest BCUT2D eigenvalue weighted by Gasteiger charge is -2.27. The molecule has 0 aliphatic heterocycles. The first-order chi connectivity index (χ1) is 18.1. The molecule has 5 heteroatoms. The number of aromatic nitrogens is 4. The van der Waals surface area contributed by atoms with Crippen molar-refractivity contribution in [2.45, 2.75) is 77.0 Å². The van der Waals surface area contributed by atoms with Crippen LogP contribution in [0.25, 0.3) is 0 Å². The van der Waals surface area contributed by atoms with Crippen molar-refractivity contribution < 1.29 is 4.74 Å². The Balaban J connectivity index is 1.43. The van der Waals surface area contributed by atoms with Gasteiger partial charge in [-0.25, -0.2) is 9.97 Å². The van der Waals surface area contributed by atoms with Gasteiger partial charge in [0.05, 0.1) is 12.7 Å². The molecule has 2 heterocycles. The summed E-state index contributed by atoms with van der Waals surface area (Å²) in [5.74, 6) is 1.54. The van der Waals surface area contributed by atoms with Gasteiger partial charge in [0.2, 0.25) is 0 Å². The molecule has 0 saturated heterocycles. The third kappa shape index (κ3) is 6.98. The number of nitrogens with one attached hydrogen (secondary N) is 2. The fraction of sp³-hybridized carbons (Fsp3) is 0.438. The highest BCUT2D eigenvalue weighted by molar-refractivity contribution is 5.29. The van der Waals surface area contributed by atoms with E-state index in [0.717, 1.165) is 38.9 Å². The summed E-state index contributed by atoms with van der Waals surface area (Å²) in [4.78, 5) is 15.3. The first-order valence-corrected chi connectivity index (χ1v) is 13.8. The number of hydrogen-bond donors (Lipinski definition) is 2. The van der Waals surface area contributed by atoms with E-state index in [1.54, 1.807) is 12.7 Å². The Hall–Kier alpha value is -3.18. The van der Waals surface area contributed by atoms with Crippen LogP contribution < -0.4 is 0 Å². The summed E-state index contributed by atoms with van der Waals surface area (Å²) in [6.45, 7) is 10.3. The summed E-state index contributed by atoms with van der Waals surface area (Å²) >= 11 is 0. The third-order valence-corrected chi connectivity index (χ3v) is 7.85. The second-order valence-corrected chi connectivity index (χ2v) is 10.3. The van der Waals surface area contributed by atoms with E-state index in [0.29, 0.717) is 23.7 Å². The zero-order valence-corrected chi connectivity index (χ0v) is 22.8. The Morgan fingerprint density at radius 3 is 1.35 bits per heavy atom. The number of aryl methyl sites for hydroxylation is 2. The molecule has 0 bridgehead atoms. The maximum absolute atomic E-state index is 6.36. The molecule has 196 valence electrons. The second kappa shape index (κ2) is 13.4. The summed E-state index contributed by atoms with van der Waals surface area (Å²) in [6, 6.07) is 18.0. The van der Waals surface area contributed by atoms with Crippen molar-refractivity contribution in [3.8, 4) is 0 Å². The van der Waals surface area contributed by atoms with E-state index >= 15 is 0 Å². The molecule has 2 N–H and O–H groups in total. The zero-order valence-electron chi connectivity index (χ0n) is 22.8. The summed E-state index contributed by atoms with van der Waals surface area (Å²) in [5.41, 5.74) is 7.74. The van der Waals surface area contributed by atoms with Crippen molar-refractivity contribution in [1.29, 1.82) is 0 Å². The molecule has 4 aromatic rings. The molecule has 0 radical (unpaired) electrons. The maximum atomic E-state index is 6.36.